The number of carbonyl (C=O) groups excluding carboxylic acids is 1. The second-order valence-corrected chi connectivity index (χ2v) is 6.09. The molecule has 0 spiro atoms. The van der Waals surface area contributed by atoms with E-state index in [2.05, 4.69) is 5.32 Å². The van der Waals surface area contributed by atoms with Crippen molar-refractivity contribution in [3.05, 3.63) is 29.8 Å². The normalized spacial score (nSPS) is 12.8. The summed E-state index contributed by atoms with van der Waals surface area (Å²) in [5.41, 5.74) is -0.106. The number of likely N-dealkylation sites (N-methyl/N-ethyl adjacent to an activating group) is 1. The fraction of sp³-hybridized carbons (Fsp3) is 0.417. The van der Waals surface area contributed by atoms with E-state index in [1.54, 1.807) is 6.92 Å². The molecule has 0 bridgehead atoms. The van der Waals surface area contributed by atoms with Crippen LogP contribution >= 0.6 is 0 Å². The molecule has 0 unspecified atom stereocenters. The molecule has 0 radical (unpaired) electrons. The van der Waals surface area contributed by atoms with Crippen molar-refractivity contribution in [2.75, 3.05) is 17.1 Å². The lowest BCUT2D eigenvalue weighted by atomic mass is 10.2. The van der Waals surface area contributed by atoms with Gasteiger partial charge in [-0.15, -0.1) is 0 Å². The van der Waals surface area contributed by atoms with Gasteiger partial charge in [0.05, 0.1) is 11.9 Å². The standard InChI is InChI=1S/C12H16F2N2O3S/c1-4-15-12(17)8(2)16(20(3,18)19)9-5-6-10(13)11(14)7-9/h5-8H,4H2,1-3H3,(H,15,17)/t8-/m1/s1. The summed E-state index contributed by atoms with van der Waals surface area (Å²) >= 11 is 0. The zero-order chi connectivity index (χ0) is 15.5. The van der Waals surface area contributed by atoms with Gasteiger partial charge in [0, 0.05) is 12.6 Å². The van der Waals surface area contributed by atoms with Gasteiger partial charge in [0.15, 0.2) is 11.6 Å². The Hall–Kier alpha value is -1.70. The Morgan fingerprint density at radius 2 is 1.95 bits per heavy atom. The van der Waals surface area contributed by atoms with Gasteiger partial charge in [0.25, 0.3) is 0 Å². The lowest BCUT2D eigenvalue weighted by molar-refractivity contribution is -0.121. The van der Waals surface area contributed by atoms with E-state index < -0.39 is 33.6 Å². The van der Waals surface area contributed by atoms with Gasteiger partial charge in [-0.3, -0.25) is 9.10 Å². The van der Waals surface area contributed by atoms with Gasteiger partial charge in [0.1, 0.15) is 6.04 Å². The van der Waals surface area contributed by atoms with E-state index in [0.29, 0.717) is 6.54 Å². The van der Waals surface area contributed by atoms with Crippen molar-refractivity contribution in [2.24, 2.45) is 0 Å². The van der Waals surface area contributed by atoms with Crippen molar-refractivity contribution in [3.8, 4) is 0 Å². The fourth-order valence-corrected chi connectivity index (χ4v) is 2.92. The minimum atomic E-state index is -3.83. The van der Waals surface area contributed by atoms with Gasteiger partial charge in [-0.05, 0) is 26.0 Å². The predicted octanol–water partition coefficient (Wildman–Crippen LogP) is 1.26. The third kappa shape index (κ3) is 3.66. The highest BCUT2D eigenvalue weighted by molar-refractivity contribution is 7.92. The molecule has 8 heteroatoms. The minimum absolute atomic E-state index is 0.106. The Morgan fingerprint density at radius 3 is 2.40 bits per heavy atom. The van der Waals surface area contributed by atoms with Crippen molar-refractivity contribution < 1.29 is 22.0 Å². The topological polar surface area (TPSA) is 66.5 Å². The van der Waals surface area contributed by atoms with Gasteiger partial charge in [-0.1, -0.05) is 0 Å². The number of rotatable bonds is 5. The van der Waals surface area contributed by atoms with Crippen LogP contribution in [0.2, 0.25) is 0 Å². The number of nitrogens with zero attached hydrogens (tertiary/aromatic N) is 1. The summed E-state index contributed by atoms with van der Waals surface area (Å²) in [6.07, 6.45) is 0.893. The molecule has 0 fully saturated rings. The van der Waals surface area contributed by atoms with Crippen LogP contribution in [0.5, 0.6) is 0 Å². The highest BCUT2D eigenvalue weighted by Crippen LogP contribution is 2.23. The maximum absolute atomic E-state index is 13.2. The first kappa shape index (κ1) is 16.4. The van der Waals surface area contributed by atoms with Gasteiger partial charge < -0.3 is 5.32 Å². The van der Waals surface area contributed by atoms with Gasteiger partial charge >= 0.3 is 0 Å². The maximum atomic E-state index is 13.2. The van der Waals surface area contributed by atoms with Crippen LogP contribution in [0.1, 0.15) is 13.8 Å². The van der Waals surface area contributed by atoms with Gasteiger partial charge in [0.2, 0.25) is 15.9 Å². The molecule has 1 amide bonds. The molecule has 5 nitrogen and oxygen atoms in total. The molecule has 112 valence electrons. The van der Waals surface area contributed by atoms with Crippen LogP contribution in [-0.2, 0) is 14.8 Å². The van der Waals surface area contributed by atoms with Crippen LogP contribution in [0.25, 0.3) is 0 Å². The molecule has 1 aromatic rings. The Labute approximate surface area is 116 Å². The third-order valence-corrected chi connectivity index (χ3v) is 3.84. The Morgan fingerprint density at radius 1 is 1.35 bits per heavy atom. The Kier molecular flexibility index (Phi) is 5.04. The summed E-state index contributed by atoms with van der Waals surface area (Å²) < 4.78 is 50.5. The molecule has 20 heavy (non-hydrogen) atoms. The average Bonchev–Trinajstić information content (AvgIpc) is 2.32. The lowest BCUT2D eigenvalue weighted by Crippen LogP contribution is -2.47. The van der Waals surface area contributed by atoms with Gasteiger partial charge in [-0.2, -0.15) is 0 Å². The molecular weight excluding hydrogens is 290 g/mol. The maximum Gasteiger partial charge on any atom is 0.243 e. The zero-order valence-corrected chi connectivity index (χ0v) is 12.2. The van der Waals surface area contributed by atoms with Crippen molar-refractivity contribution in [2.45, 2.75) is 19.9 Å². The molecule has 1 rings (SSSR count). The summed E-state index contributed by atoms with van der Waals surface area (Å²) in [4.78, 5) is 11.8. The van der Waals surface area contributed by atoms with Crippen molar-refractivity contribution in [1.82, 2.24) is 5.32 Å². The first-order chi connectivity index (χ1) is 9.18. The smallest absolute Gasteiger partial charge is 0.243 e. The van der Waals surface area contributed by atoms with Crippen LogP contribution < -0.4 is 9.62 Å². The molecule has 0 aromatic heterocycles. The molecular formula is C12H16F2N2O3S. The largest absolute Gasteiger partial charge is 0.355 e. The molecule has 0 heterocycles. The molecule has 0 aliphatic rings. The molecule has 0 saturated heterocycles. The molecule has 1 atom stereocenters. The van der Waals surface area contributed by atoms with E-state index in [4.69, 9.17) is 0 Å². The first-order valence-corrected chi connectivity index (χ1v) is 7.75. The van der Waals surface area contributed by atoms with Crippen LogP contribution in [0.15, 0.2) is 18.2 Å². The molecule has 1 N–H and O–H groups in total. The zero-order valence-electron chi connectivity index (χ0n) is 11.4. The number of hydrogen-bond acceptors (Lipinski definition) is 3. The Bertz CT molecular complexity index is 605. The van der Waals surface area contributed by atoms with E-state index in [0.717, 1.165) is 28.8 Å². The van der Waals surface area contributed by atoms with Crippen LogP contribution in [0.4, 0.5) is 14.5 Å². The second kappa shape index (κ2) is 6.17. The molecule has 0 aliphatic carbocycles. The van der Waals surface area contributed by atoms with E-state index in [1.165, 1.54) is 6.92 Å². The van der Waals surface area contributed by atoms with E-state index in [9.17, 15) is 22.0 Å². The quantitative estimate of drug-likeness (QED) is 0.890. The highest BCUT2D eigenvalue weighted by Gasteiger charge is 2.29. The summed E-state index contributed by atoms with van der Waals surface area (Å²) in [7, 11) is -3.83. The number of nitrogens with one attached hydrogen (secondary N) is 1. The number of sulfonamides is 1. The summed E-state index contributed by atoms with van der Waals surface area (Å²) in [6.45, 7) is 3.39. The summed E-state index contributed by atoms with van der Waals surface area (Å²) in [5, 5.41) is 2.48. The fourth-order valence-electron chi connectivity index (χ4n) is 1.75. The molecule has 1 aromatic carbocycles. The molecule has 0 aliphatic heterocycles. The second-order valence-electron chi connectivity index (χ2n) is 4.23. The molecule has 0 saturated carbocycles. The third-order valence-electron chi connectivity index (χ3n) is 2.60. The van der Waals surface area contributed by atoms with Crippen LogP contribution in [0, 0.1) is 11.6 Å². The van der Waals surface area contributed by atoms with E-state index in [-0.39, 0.29) is 5.69 Å². The van der Waals surface area contributed by atoms with E-state index >= 15 is 0 Å². The van der Waals surface area contributed by atoms with Crippen molar-refractivity contribution in [1.29, 1.82) is 0 Å². The number of carbonyl (C=O) groups is 1. The summed E-state index contributed by atoms with van der Waals surface area (Å²) in [6, 6.07) is 1.59. The van der Waals surface area contributed by atoms with Gasteiger partial charge in [-0.25, -0.2) is 17.2 Å². The first-order valence-electron chi connectivity index (χ1n) is 5.90. The SMILES string of the molecule is CCNC(=O)[C@@H](C)N(c1ccc(F)c(F)c1)S(C)(=O)=O. The van der Waals surface area contributed by atoms with Crippen molar-refractivity contribution >= 4 is 21.6 Å². The summed E-state index contributed by atoms with van der Waals surface area (Å²) in [5.74, 6) is -2.80. The highest BCUT2D eigenvalue weighted by atomic mass is 32.2. The van der Waals surface area contributed by atoms with E-state index in [1.807, 2.05) is 0 Å². The predicted molar refractivity (Wildman–Crippen MR) is 71.8 cm³/mol. The number of halogens is 2. The van der Waals surface area contributed by atoms with Crippen molar-refractivity contribution in [3.63, 3.8) is 0 Å². The Balaban J connectivity index is 3.26. The van der Waals surface area contributed by atoms with Crippen LogP contribution in [0.3, 0.4) is 0 Å². The number of hydrogen-bond donors (Lipinski definition) is 1. The lowest BCUT2D eigenvalue weighted by Gasteiger charge is -2.28. The monoisotopic (exact) mass is 306 g/mol. The van der Waals surface area contributed by atoms with Crippen LogP contribution in [-0.4, -0.2) is 33.2 Å². The number of benzene rings is 1. The number of amides is 1. The average molecular weight is 306 g/mol. The minimum Gasteiger partial charge on any atom is -0.355 e. The number of anilines is 1.